The maximum absolute atomic E-state index is 13.2. The van der Waals surface area contributed by atoms with Crippen LogP contribution in [-0.4, -0.2) is 28.4 Å². The molecule has 2 heterocycles. The van der Waals surface area contributed by atoms with Crippen LogP contribution in [0.25, 0.3) is 11.0 Å². The third kappa shape index (κ3) is 3.49. The molecule has 0 bridgehead atoms. The monoisotopic (exact) mass is 406 g/mol. The summed E-state index contributed by atoms with van der Waals surface area (Å²) < 4.78 is 64.5. The summed E-state index contributed by atoms with van der Waals surface area (Å²) in [5.74, 6) is 0. The Morgan fingerprint density at radius 2 is 1.85 bits per heavy atom. The normalized spacial score (nSPS) is 17.4. The molecule has 0 aliphatic carbocycles. The lowest BCUT2D eigenvalue weighted by molar-refractivity contribution is -0.137. The van der Waals surface area contributed by atoms with Crippen molar-refractivity contribution >= 4 is 18.6 Å². The van der Waals surface area contributed by atoms with E-state index in [0.29, 0.717) is 0 Å². The van der Waals surface area contributed by atoms with E-state index in [4.69, 9.17) is 9.05 Å². The Balaban J connectivity index is 2.25. The first kappa shape index (κ1) is 19.9. The zero-order valence-electron chi connectivity index (χ0n) is 14.6. The number of rotatable bonds is 5. The van der Waals surface area contributed by atoms with Gasteiger partial charge in [0.05, 0.1) is 35.5 Å². The Morgan fingerprint density at radius 1 is 1.22 bits per heavy atom. The van der Waals surface area contributed by atoms with E-state index in [0.717, 1.165) is 16.7 Å². The topological polar surface area (TPSA) is 90.4 Å². The molecular weight excluding hydrogens is 388 g/mol. The van der Waals surface area contributed by atoms with Crippen LogP contribution in [0.3, 0.4) is 0 Å². The molecule has 3 rings (SSSR count). The molecule has 1 atom stereocenters. The van der Waals surface area contributed by atoms with E-state index in [1.165, 1.54) is 0 Å². The molecule has 27 heavy (non-hydrogen) atoms. The lowest BCUT2D eigenvalue weighted by Gasteiger charge is -2.31. The first-order valence-electron chi connectivity index (χ1n) is 8.36. The maximum atomic E-state index is 13.2. The average Bonchev–Trinajstić information content (AvgIpc) is 2.58. The Hall–Kier alpha value is -1.90. The molecule has 1 unspecified atom stereocenters. The van der Waals surface area contributed by atoms with Crippen LogP contribution in [0.15, 0.2) is 21.7 Å². The fourth-order valence-electron chi connectivity index (χ4n) is 3.35. The number of aromatic amines is 1. The molecule has 0 spiro atoms. The summed E-state index contributed by atoms with van der Waals surface area (Å²) in [6.45, 7) is 3.23. The Bertz CT molecular complexity index is 1030. The first-order chi connectivity index (χ1) is 12.6. The maximum Gasteiger partial charge on any atom is 0.416 e. The zero-order valence-corrected chi connectivity index (χ0v) is 15.5. The second-order valence-electron chi connectivity index (χ2n) is 6.13. The predicted molar refractivity (Wildman–Crippen MR) is 92.2 cm³/mol. The number of benzene rings is 1. The van der Waals surface area contributed by atoms with Crippen molar-refractivity contribution in [2.45, 2.75) is 38.6 Å². The van der Waals surface area contributed by atoms with Crippen molar-refractivity contribution in [3.8, 4) is 0 Å². The smallest absolute Gasteiger partial charge is 0.316 e. The first-order valence-corrected chi connectivity index (χ1v) is 9.97. The molecule has 0 fully saturated rings. The van der Waals surface area contributed by atoms with Gasteiger partial charge in [-0.2, -0.15) is 13.2 Å². The van der Waals surface area contributed by atoms with E-state index >= 15 is 0 Å². The van der Waals surface area contributed by atoms with E-state index < -0.39 is 36.1 Å². The van der Waals surface area contributed by atoms with Crippen LogP contribution < -0.4 is 11.1 Å². The van der Waals surface area contributed by atoms with Gasteiger partial charge >= 0.3 is 24.9 Å². The highest BCUT2D eigenvalue weighted by Crippen LogP contribution is 2.55. The minimum absolute atomic E-state index is 0.0385. The Labute approximate surface area is 151 Å². The van der Waals surface area contributed by atoms with E-state index in [1.54, 1.807) is 13.8 Å². The average molecular weight is 406 g/mol. The quantitative estimate of drug-likeness (QED) is 0.609. The zero-order chi connectivity index (χ0) is 20.0. The lowest BCUT2D eigenvalue weighted by atomic mass is 10.00. The number of aromatic nitrogens is 2. The summed E-state index contributed by atoms with van der Waals surface area (Å²) in [5.41, 5.74) is -3.55. The van der Waals surface area contributed by atoms with Crippen molar-refractivity contribution in [2.75, 3.05) is 13.2 Å². The third-order valence-electron chi connectivity index (χ3n) is 4.39. The molecule has 148 valence electrons. The summed E-state index contributed by atoms with van der Waals surface area (Å²) >= 11 is 0. The molecule has 2 aromatic rings. The standard InChI is InChI=1S/C16H18F3N2O5P/c1-3-25-27(24,26-4-2)11-6-9-5-10(16(17,18)19)7-12-13(9)21(8-11)15(23)14(22)20-12/h5,7,11H,3-4,6,8H2,1-2H3,(H,20,22). The minimum Gasteiger partial charge on any atom is -0.316 e. The summed E-state index contributed by atoms with van der Waals surface area (Å²) in [5, 5.41) is 0. The van der Waals surface area contributed by atoms with Crippen molar-refractivity contribution in [1.29, 1.82) is 0 Å². The Morgan fingerprint density at radius 3 is 2.41 bits per heavy atom. The van der Waals surface area contributed by atoms with Crippen LogP contribution in [0.5, 0.6) is 0 Å². The molecule has 0 amide bonds. The molecule has 0 saturated heterocycles. The lowest BCUT2D eigenvalue weighted by Crippen LogP contribution is -2.42. The van der Waals surface area contributed by atoms with Gasteiger partial charge in [0, 0.05) is 6.54 Å². The van der Waals surface area contributed by atoms with Crippen molar-refractivity contribution in [2.24, 2.45) is 0 Å². The molecule has 0 radical (unpaired) electrons. The van der Waals surface area contributed by atoms with Crippen molar-refractivity contribution in [3.05, 3.63) is 44.0 Å². The second kappa shape index (κ2) is 6.92. The summed E-state index contributed by atoms with van der Waals surface area (Å²) in [7, 11) is -3.70. The highest BCUT2D eigenvalue weighted by molar-refractivity contribution is 7.54. The van der Waals surface area contributed by atoms with E-state index in [9.17, 15) is 27.3 Å². The number of H-pyrrole nitrogens is 1. The molecule has 1 aromatic heterocycles. The third-order valence-corrected chi connectivity index (χ3v) is 6.86. The molecule has 7 nitrogen and oxygen atoms in total. The van der Waals surface area contributed by atoms with E-state index in [1.807, 2.05) is 0 Å². The van der Waals surface area contributed by atoms with Gasteiger partial charge in [0.25, 0.3) is 0 Å². The Kier molecular flexibility index (Phi) is 5.09. The number of hydrogen-bond donors (Lipinski definition) is 1. The summed E-state index contributed by atoms with van der Waals surface area (Å²) in [6.07, 6.45) is -4.68. The van der Waals surface area contributed by atoms with Crippen molar-refractivity contribution in [1.82, 2.24) is 9.55 Å². The molecular formula is C16H18F3N2O5P. The molecule has 0 saturated carbocycles. The van der Waals surface area contributed by atoms with Crippen LogP contribution in [0, 0.1) is 0 Å². The van der Waals surface area contributed by atoms with E-state index in [2.05, 4.69) is 4.98 Å². The summed E-state index contributed by atoms with van der Waals surface area (Å²) in [4.78, 5) is 26.4. The highest BCUT2D eigenvalue weighted by atomic mass is 31.2. The number of nitrogens with zero attached hydrogens (tertiary/aromatic N) is 1. The van der Waals surface area contributed by atoms with Gasteiger partial charge in [0.15, 0.2) is 0 Å². The number of alkyl halides is 3. The van der Waals surface area contributed by atoms with Crippen molar-refractivity contribution in [3.63, 3.8) is 0 Å². The van der Waals surface area contributed by atoms with Crippen LogP contribution in [0.1, 0.15) is 25.0 Å². The summed E-state index contributed by atoms with van der Waals surface area (Å²) in [6, 6.07) is 1.70. The van der Waals surface area contributed by atoms with E-state index in [-0.39, 0.29) is 42.8 Å². The van der Waals surface area contributed by atoms with Crippen LogP contribution in [0.4, 0.5) is 13.2 Å². The minimum atomic E-state index is -4.64. The SMILES string of the molecule is CCOP(=O)(OCC)C1Cc2cc(C(F)(F)F)cc3[nH]c(=O)c(=O)n(c23)C1. The number of hydrogen-bond acceptors (Lipinski definition) is 5. The van der Waals surface area contributed by atoms with Gasteiger partial charge in [-0.15, -0.1) is 0 Å². The van der Waals surface area contributed by atoms with Crippen LogP contribution >= 0.6 is 7.60 Å². The van der Waals surface area contributed by atoms with Crippen LogP contribution in [0.2, 0.25) is 0 Å². The van der Waals surface area contributed by atoms with Gasteiger partial charge in [-0.05, 0) is 38.0 Å². The second-order valence-corrected chi connectivity index (χ2v) is 8.46. The van der Waals surface area contributed by atoms with Gasteiger partial charge < -0.3 is 18.6 Å². The fourth-order valence-corrected chi connectivity index (χ4v) is 5.35. The number of nitrogens with one attached hydrogen (secondary N) is 1. The number of halogens is 3. The molecule has 11 heteroatoms. The molecule has 1 N–H and O–H groups in total. The molecule has 1 aromatic carbocycles. The van der Waals surface area contributed by atoms with Gasteiger partial charge in [0.1, 0.15) is 0 Å². The van der Waals surface area contributed by atoms with Crippen molar-refractivity contribution < 1.29 is 26.8 Å². The molecule has 1 aliphatic rings. The van der Waals surface area contributed by atoms with Crippen LogP contribution in [-0.2, 0) is 32.8 Å². The van der Waals surface area contributed by atoms with Gasteiger partial charge in [-0.1, -0.05) is 0 Å². The van der Waals surface area contributed by atoms with Gasteiger partial charge in [-0.3, -0.25) is 14.2 Å². The highest BCUT2D eigenvalue weighted by Gasteiger charge is 2.40. The molecule has 1 aliphatic heterocycles. The predicted octanol–water partition coefficient (Wildman–Crippen LogP) is 2.90. The van der Waals surface area contributed by atoms with Gasteiger partial charge in [0.2, 0.25) is 0 Å². The fraction of sp³-hybridized carbons (Fsp3) is 0.500. The largest absolute Gasteiger partial charge is 0.416 e. The van der Waals surface area contributed by atoms with Gasteiger partial charge in [-0.25, -0.2) is 0 Å².